The zero-order valence-corrected chi connectivity index (χ0v) is 25.4. The van der Waals surface area contributed by atoms with E-state index in [-0.39, 0.29) is 78.4 Å². The fraction of sp³-hybridized carbons (Fsp3) is 0.533. The summed E-state index contributed by atoms with van der Waals surface area (Å²) in [6, 6.07) is 4.45. The van der Waals surface area contributed by atoms with Crippen LogP contribution < -0.4 is 0 Å². The number of likely N-dealkylation sites (tertiary alicyclic amines) is 1. The van der Waals surface area contributed by atoms with E-state index in [0.29, 0.717) is 17.7 Å². The highest BCUT2D eigenvalue weighted by Crippen LogP contribution is 2.57. The number of carbonyl (C=O) groups is 2. The molecule has 0 radical (unpaired) electrons. The Morgan fingerprint density at radius 3 is 2.07 bits per heavy atom. The number of hydrogen-bond donors (Lipinski definition) is 1. The third-order valence-corrected chi connectivity index (χ3v) is 12.6. The minimum absolute atomic E-state index is 0.0759. The molecule has 1 aliphatic heterocycles. The highest BCUT2D eigenvalue weighted by atomic mass is 35.5. The number of amides is 1. The van der Waals surface area contributed by atoms with E-state index in [2.05, 4.69) is 0 Å². The summed E-state index contributed by atoms with van der Waals surface area (Å²) in [6.45, 7) is 1.48. The topological polar surface area (TPSA) is 91.8 Å². The molecule has 2 aromatic rings. The molecule has 0 bridgehead atoms. The van der Waals surface area contributed by atoms with Crippen molar-refractivity contribution in [3.8, 4) is 0 Å². The summed E-state index contributed by atoms with van der Waals surface area (Å²) in [7, 11) is -4.50. The van der Waals surface area contributed by atoms with Gasteiger partial charge in [0.15, 0.2) is 9.84 Å². The smallest absolute Gasteiger partial charge is 0.435 e. The van der Waals surface area contributed by atoms with Crippen LogP contribution in [0.2, 0.25) is 5.02 Å². The zero-order valence-electron chi connectivity index (χ0n) is 23.8. The first kappa shape index (κ1) is 33.5. The van der Waals surface area contributed by atoms with Gasteiger partial charge in [0, 0.05) is 23.0 Å². The van der Waals surface area contributed by atoms with Crippen molar-refractivity contribution in [2.45, 2.75) is 85.6 Å². The average molecular weight is 684 g/mol. The Morgan fingerprint density at radius 2 is 1.51 bits per heavy atom. The largest absolute Gasteiger partial charge is 0.481 e. The summed E-state index contributed by atoms with van der Waals surface area (Å²) in [5.74, 6) is -2.54. The number of rotatable bonds is 5. The van der Waals surface area contributed by atoms with E-state index in [4.69, 9.17) is 11.6 Å². The molecule has 2 unspecified atom stereocenters. The summed E-state index contributed by atoms with van der Waals surface area (Å²) < 4.78 is 124. The molecule has 6 nitrogen and oxygen atoms in total. The van der Waals surface area contributed by atoms with Gasteiger partial charge in [0.2, 0.25) is 5.91 Å². The van der Waals surface area contributed by atoms with Gasteiger partial charge in [-0.25, -0.2) is 12.8 Å². The summed E-state index contributed by atoms with van der Waals surface area (Å²) in [5.41, 5.74) is -7.29. The molecule has 246 valence electrons. The van der Waals surface area contributed by atoms with Gasteiger partial charge in [0.1, 0.15) is 4.75 Å². The van der Waals surface area contributed by atoms with Crippen molar-refractivity contribution < 1.29 is 53.8 Å². The van der Waals surface area contributed by atoms with Gasteiger partial charge in [-0.3, -0.25) is 9.59 Å². The van der Waals surface area contributed by atoms with Crippen LogP contribution in [0.3, 0.4) is 0 Å². The van der Waals surface area contributed by atoms with Crippen molar-refractivity contribution in [1.29, 1.82) is 0 Å². The Hall–Kier alpha value is -2.87. The van der Waals surface area contributed by atoms with Crippen molar-refractivity contribution in [2.75, 3.05) is 6.54 Å². The second-order valence-electron chi connectivity index (χ2n) is 12.1. The highest BCUT2D eigenvalue weighted by molar-refractivity contribution is 7.92. The van der Waals surface area contributed by atoms with Crippen molar-refractivity contribution in [3.05, 3.63) is 63.7 Å². The highest BCUT2D eigenvalue weighted by Gasteiger charge is 2.74. The van der Waals surface area contributed by atoms with Gasteiger partial charge in [-0.2, -0.15) is 26.3 Å². The molecule has 1 saturated carbocycles. The van der Waals surface area contributed by atoms with Crippen molar-refractivity contribution in [1.82, 2.24) is 4.90 Å². The lowest BCUT2D eigenvalue weighted by Gasteiger charge is -2.44. The fourth-order valence-electron chi connectivity index (χ4n) is 7.31. The van der Waals surface area contributed by atoms with Gasteiger partial charge in [0.25, 0.3) is 0 Å². The van der Waals surface area contributed by atoms with E-state index in [1.807, 2.05) is 0 Å². The number of sulfone groups is 1. The number of benzene rings is 2. The van der Waals surface area contributed by atoms with Gasteiger partial charge in [-0.05, 0) is 86.8 Å². The molecule has 0 aromatic heterocycles. The minimum Gasteiger partial charge on any atom is -0.481 e. The SMILES string of the molecule is Cc1cc(S(=O)(=O)C23CCN(C(=O)C4CCC(C(=O)O)CC4)C2CCc2cc(C(F)(C(F)(F)F)C(F)(F)F)ccc23)ccc1Cl. The van der Waals surface area contributed by atoms with Gasteiger partial charge >= 0.3 is 24.0 Å². The molecule has 5 rings (SSSR count). The molecule has 1 amide bonds. The quantitative estimate of drug-likeness (QED) is 0.342. The second kappa shape index (κ2) is 11.1. The Bertz CT molecular complexity index is 1620. The normalized spacial score (nSPS) is 25.9. The van der Waals surface area contributed by atoms with Crippen LogP contribution in [0, 0.1) is 18.8 Å². The van der Waals surface area contributed by atoms with E-state index >= 15 is 4.39 Å². The van der Waals surface area contributed by atoms with Crippen molar-refractivity contribution >= 4 is 33.3 Å². The summed E-state index contributed by atoms with van der Waals surface area (Å²) in [6.07, 6.45) is -12.2. The molecule has 0 spiro atoms. The zero-order chi connectivity index (χ0) is 33.3. The number of halogens is 8. The number of carbonyl (C=O) groups excluding carboxylic acids is 1. The van der Waals surface area contributed by atoms with Crippen LogP contribution >= 0.6 is 11.6 Å². The van der Waals surface area contributed by atoms with Crippen LogP contribution in [0.4, 0.5) is 30.7 Å². The van der Waals surface area contributed by atoms with Gasteiger partial charge in [-0.1, -0.05) is 29.8 Å². The first-order chi connectivity index (χ1) is 20.8. The molecule has 1 heterocycles. The van der Waals surface area contributed by atoms with E-state index in [1.165, 1.54) is 23.1 Å². The average Bonchev–Trinajstić information content (AvgIpc) is 3.38. The lowest BCUT2D eigenvalue weighted by atomic mass is 9.76. The summed E-state index contributed by atoms with van der Waals surface area (Å²) in [5, 5.41) is 9.59. The lowest BCUT2D eigenvalue weighted by molar-refractivity contribution is -0.348. The maximum Gasteiger partial charge on any atom is 0.435 e. The third kappa shape index (κ3) is 5.10. The predicted octanol–water partition coefficient (Wildman–Crippen LogP) is 7.05. The minimum atomic E-state index is -6.35. The molecule has 2 fully saturated rings. The number of carboxylic acid groups (broad SMARTS) is 1. The maximum absolute atomic E-state index is 15.0. The first-order valence-electron chi connectivity index (χ1n) is 14.3. The van der Waals surface area contributed by atoms with Crippen LogP contribution in [0.1, 0.15) is 60.8 Å². The molecule has 1 saturated heterocycles. The lowest BCUT2D eigenvalue weighted by Crippen LogP contribution is -2.53. The van der Waals surface area contributed by atoms with Gasteiger partial charge < -0.3 is 10.0 Å². The van der Waals surface area contributed by atoms with Gasteiger partial charge in [-0.15, -0.1) is 0 Å². The maximum atomic E-state index is 15.0. The molecule has 45 heavy (non-hydrogen) atoms. The number of hydrogen-bond acceptors (Lipinski definition) is 4. The molecule has 2 aromatic carbocycles. The fourth-order valence-corrected chi connectivity index (χ4v) is 9.88. The third-order valence-electron chi connectivity index (χ3n) is 9.69. The molecule has 2 atom stereocenters. The van der Waals surface area contributed by atoms with Crippen LogP contribution in [0.5, 0.6) is 0 Å². The van der Waals surface area contributed by atoms with Crippen LogP contribution in [0.15, 0.2) is 41.3 Å². The predicted molar refractivity (Wildman–Crippen MR) is 148 cm³/mol. The molecular formula is C30H29ClF7NO5S. The Morgan fingerprint density at radius 1 is 0.911 bits per heavy atom. The summed E-state index contributed by atoms with van der Waals surface area (Å²) in [4.78, 5) is 26.4. The standard InChI is InChI=1S/C30H29ClF7NO5S/c1-16-14-21(8-10-23(16)31)45(43,44)27-12-13-39(25(40)17-2-4-18(5-3-17)26(41)42)24(27)11-6-19-15-20(7-9-22(19)27)28(32,29(33,34)35)30(36,37)38/h7-10,14-15,17-18,24H,2-6,11-13H2,1H3,(H,41,42). The molecule has 15 heteroatoms. The van der Waals surface area contributed by atoms with Gasteiger partial charge in [0.05, 0.1) is 16.9 Å². The number of nitrogens with zero attached hydrogens (tertiary/aromatic N) is 1. The number of aryl methyl sites for hydroxylation is 2. The number of aliphatic carboxylic acids is 1. The Kier molecular flexibility index (Phi) is 8.29. The number of fused-ring (bicyclic) bond motifs is 3. The van der Waals surface area contributed by atoms with E-state index < -0.39 is 62.0 Å². The van der Waals surface area contributed by atoms with Crippen molar-refractivity contribution in [3.63, 3.8) is 0 Å². The Balaban J connectivity index is 1.64. The van der Waals surface area contributed by atoms with E-state index in [0.717, 1.165) is 6.07 Å². The van der Waals surface area contributed by atoms with Crippen LogP contribution in [-0.4, -0.2) is 55.2 Å². The number of carboxylic acids is 1. The Labute approximate surface area is 259 Å². The molecule has 3 aliphatic rings. The van der Waals surface area contributed by atoms with Crippen LogP contribution in [-0.2, 0) is 36.3 Å². The summed E-state index contributed by atoms with van der Waals surface area (Å²) >= 11 is 6.12. The van der Waals surface area contributed by atoms with E-state index in [9.17, 15) is 49.5 Å². The second-order valence-corrected chi connectivity index (χ2v) is 14.7. The number of alkyl halides is 7. The monoisotopic (exact) mass is 683 g/mol. The molecular weight excluding hydrogens is 655 g/mol. The molecule has 1 N–H and O–H groups in total. The van der Waals surface area contributed by atoms with Crippen molar-refractivity contribution in [2.24, 2.45) is 11.8 Å². The molecule has 2 aliphatic carbocycles. The van der Waals surface area contributed by atoms with Crippen LogP contribution in [0.25, 0.3) is 0 Å². The first-order valence-corrected chi connectivity index (χ1v) is 16.1. The van der Waals surface area contributed by atoms with E-state index in [1.54, 1.807) is 6.92 Å².